The van der Waals surface area contributed by atoms with Gasteiger partial charge in [-0.2, -0.15) is 0 Å². The van der Waals surface area contributed by atoms with E-state index in [1.807, 2.05) is 0 Å². The van der Waals surface area contributed by atoms with Crippen molar-refractivity contribution in [1.29, 1.82) is 0 Å². The molecule has 3 nitrogen and oxygen atoms in total. The van der Waals surface area contributed by atoms with Crippen molar-refractivity contribution >= 4 is 82.6 Å². The SMILES string of the molecule is CC(C)(C)c1cc(N(c2cccc([Si](C)(C)C)c2)c2ccc3c(c2)C2(c4c-3ccc3oc5cc(N(c6cc(C(C)(C)C)cc(C(C)(C)C)c6)c6cccc([Si](C)(C)C)c6)ccc5c43)C3CC4CC(C3)CC2C4)cc(C(C)(C)C)c1. The summed E-state index contributed by atoms with van der Waals surface area (Å²) < 4.78 is 7.33. The van der Waals surface area contributed by atoms with E-state index in [2.05, 4.69) is 266 Å². The molecule has 410 valence electrons. The molecule has 0 N–H and O–H groups in total. The fourth-order valence-electron chi connectivity index (χ4n) is 15.1. The summed E-state index contributed by atoms with van der Waals surface area (Å²) in [4.78, 5) is 5.16. The summed E-state index contributed by atoms with van der Waals surface area (Å²) in [5.41, 5.74) is 20.5. The Balaban J connectivity index is 1.08. The third-order valence-electron chi connectivity index (χ3n) is 19.5. The lowest BCUT2D eigenvalue weighted by molar-refractivity contribution is -0.0393. The molecule has 5 aliphatic carbocycles. The third-order valence-corrected chi connectivity index (χ3v) is 23.6. The van der Waals surface area contributed by atoms with Crippen molar-refractivity contribution < 1.29 is 4.42 Å². The first-order chi connectivity index (χ1) is 36.9. The molecular formula is C74H90N2OSi2. The second-order valence-electron chi connectivity index (χ2n) is 31.4. The van der Waals surface area contributed by atoms with E-state index in [0.717, 1.165) is 28.7 Å². The van der Waals surface area contributed by atoms with Crippen LogP contribution in [0, 0.1) is 23.7 Å². The topological polar surface area (TPSA) is 19.6 Å². The largest absolute Gasteiger partial charge is 0.456 e. The summed E-state index contributed by atoms with van der Waals surface area (Å²) in [6.45, 7) is 43.1. The van der Waals surface area contributed by atoms with Gasteiger partial charge in [0, 0.05) is 56.4 Å². The highest BCUT2D eigenvalue weighted by molar-refractivity contribution is 6.89. The summed E-state index contributed by atoms with van der Waals surface area (Å²) in [5, 5.41) is 5.52. The van der Waals surface area contributed by atoms with Gasteiger partial charge in [0.2, 0.25) is 0 Å². The molecule has 1 aromatic heterocycles. The number of nitrogens with zero attached hydrogens (tertiary/aromatic N) is 2. The molecule has 13 rings (SSSR count). The lowest BCUT2D eigenvalue weighted by Crippen LogP contribution is -2.55. The van der Waals surface area contributed by atoms with Gasteiger partial charge in [0.1, 0.15) is 11.2 Å². The van der Waals surface area contributed by atoms with Crippen LogP contribution >= 0.6 is 0 Å². The number of hydrogen-bond acceptors (Lipinski definition) is 3. The van der Waals surface area contributed by atoms with Gasteiger partial charge in [-0.3, -0.25) is 0 Å². The second-order valence-corrected chi connectivity index (χ2v) is 41.5. The first-order valence-corrected chi connectivity index (χ1v) is 37.2. The van der Waals surface area contributed by atoms with E-state index >= 15 is 0 Å². The van der Waals surface area contributed by atoms with Crippen molar-refractivity contribution in [2.75, 3.05) is 9.80 Å². The predicted molar refractivity (Wildman–Crippen MR) is 347 cm³/mol. The number of furan rings is 1. The number of hydrogen-bond donors (Lipinski definition) is 0. The zero-order chi connectivity index (χ0) is 56.3. The lowest BCUT2D eigenvalue weighted by Gasteiger charge is -2.61. The summed E-state index contributed by atoms with van der Waals surface area (Å²) in [5.74, 6) is 2.81. The van der Waals surface area contributed by atoms with Gasteiger partial charge in [-0.05, 0) is 201 Å². The van der Waals surface area contributed by atoms with Crippen LogP contribution in [0.15, 0.2) is 138 Å². The van der Waals surface area contributed by atoms with Crippen molar-refractivity contribution in [1.82, 2.24) is 0 Å². The molecule has 7 aromatic carbocycles. The Labute approximate surface area is 477 Å². The van der Waals surface area contributed by atoms with Gasteiger partial charge in [-0.15, -0.1) is 0 Å². The molecule has 5 heteroatoms. The molecule has 4 fully saturated rings. The predicted octanol–water partition coefficient (Wildman–Crippen LogP) is 20.5. The molecule has 4 bridgehead atoms. The number of rotatable bonds is 8. The van der Waals surface area contributed by atoms with Crippen LogP contribution in [0.3, 0.4) is 0 Å². The normalized spacial score (nSPS) is 21.1. The van der Waals surface area contributed by atoms with Crippen LogP contribution < -0.4 is 20.2 Å². The minimum atomic E-state index is -1.66. The van der Waals surface area contributed by atoms with Gasteiger partial charge >= 0.3 is 0 Å². The quantitative estimate of drug-likeness (QED) is 0.141. The molecule has 1 spiro atoms. The Morgan fingerprint density at radius 3 is 1.27 bits per heavy atom. The molecule has 8 aromatic rings. The third kappa shape index (κ3) is 9.20. The van der Waals surface area contributed by atoms with Gasteiger partial charge in [0.25, 0.3) is 0 Å². The Morgan fingerprint density at radius 1 is 0.405 bits per heavy atom. The number of benzene rings is 7. The molecule has 0 aliphatic heterocycles. The van der Waals surface area contributed by atoms with Crippen molar-refractivity contribution in [3.8, 4) is 11.1 Å². The second kappa shape index (κ2) is 18.2. The van der Waals surface area contributed by atoms with Crippen molar-refractivity contribution in [3.05, 3.63) is 167 Å². The molecule has 5 aliphatic rings. The van der Waals surface area contributed by atoms with Gasteiger partial charge in [0.05, 0.1) is 16.1 Å². The van der Waals surface area contributed by atoms with Crippen molar-refractivity contribution in [2.45, 2.75) is 182 Å². The number of anilines is 6. The van der Waals surface area contributed by atoms with E-state index < -0.39 is 16.1 Å². The van der Waals surface area contributed by atoms with Crippen LogP contribution in [0.1, 0.15) is 149 Å². The van der Waals surface area contributed by atoms with Crippen LogP contribution in [0.4, 0.5) is 34.1 Å². The van der Waals surface area contributed by atoms with E-state index in [4.69, 9.17) is 4.42 Å². The molecule has 0 amide bonds. The van der Waals surface area contributed by atoms with Gasteiger partial charge in [-0.25, -0.2) is 0 Å². The zero-order valence-electron chi connectivity index (χ0n) is 51.3. The first kappa shape index (κ1) is 54.0. The Kier molecular flexibility index (Phi) is 12.4. The van der Waals surface area contributed by atoms with Gasteiger partial charge in [0.15, 0.2) is 0 Å². The number of fused-ring (bicyclic) bond motifs is 7. The molecule has 0 saturated heterocycles. The molecule has 79 heavy (non-hydrogen) atoms. The highest BCUT2D eigenvalue weighted by atomic mass is 28.3. The van der Waals surface area contributed by atoms with E-state index in [1.54, 1.807) is 11.1 Å². The molecule has 0 unspecified atom stereocenters. The fraction of sp³-hybridized carbons (Fsp3) is 0.432. The maximum atomic E-state index is 7.33. The van der Waals surface area contributed by atoms with Crippen molar-refractivity contribution in [3.63, 3.8) is 0 Å². The smallest absolute Gasteiger partial charge is 0.137 e. The maximum Gasteiger partial charge on any atom is 0.137 e. The van der Waals surface area contributed by atoms with E-state index in [-0.39, 0.29) is 27.1 Å². The zero-order valence-corrected chi connectivity index (χ0v) is 53.3. The van der Waals surface area contributed by atoms with E-state index in [9.17, 15) is 0 Å². The average molecular weight is 1080 g/mol. The molecule has 0 atom stereocenters. The monoisotopic (exact) mass is 1080 g/mol. The maximum absolute atomic E-state index is 7.33. The minimum absolute atomic E-state index is 0.0183. The van der Waals surface area contributed by atoms with Crippen LogP contribution in [-0.2, 0) is 27.1 Å². The van der Waals surface area contributed by atoms with Crippen LogP contribution in [-0.4, -0.2) is 16.1 Å². The fourth-order valence-corrected chi connectivity index (χ4v) is 17.5. The molecular weight excluding hydrogens is 989 g/mol. The average Bonchev–Trinajstić information content (AvgIpc) is 1.78. The minimum Gasteiger partial charge on any atom is -0.456 e. The Morgan fingerprint density at radius 2 is 0.823 bits per heavy atom. The Hall–Kier alpha value is -5.63. The highest BCUT2D eigenvalue weighted by Gasteiger charge is 2.62. The molecule has 4 saturated carbocycles. The van der Waals surface area contributed by atoms with Crippen molar-refractivity contribution in [2.24, 2.45) is 23.7 Å². The molecule has 0 radical (unpaired) electrons. The van der Waals surface area contributed by atoms with Gasteiger partial charge < -0.3 is 14.2 Å². The Bertz CT molecular complexity index is 3620. The molecule has 1 heterocycles. The van der Waals surface area contributed by atoms with Crippen LogP contribution in [0.5, 0.6) is 0 Å². The standard InChI is InChI=1S/C74H90N2OSi2/c1-70(2,3)48-36-49(71(4,5)6)39-58(38-48)75(54-21-19-23-60(42-54)78(13,14)15)56-25-27-62-63-29-30-66-68(69(63)74(65(62)44-56)52-32-46-31-47(34-52)35-53(74)33-46)64-28-26-57(45-67(64)77-66)76(55-22-20-24-61(43-55)79(16,17)18)59-40-50(72(7,8)9)37-51(41-59)73(10,11)12/h19-30,36-47,52-53H,31-35H2,1-18H3. The van der Waals surface area contributed by atoms with Crippen LogP contribution in [0.2, 0.25) is 39.3 Å². The van der Waals surface area contributed by atoms with E-state index in [0.29, 0.717) is 11.8 Å². The lowest BCUT2D eigenvalue weighted by atomic mass is 9.43. The van der Waals surface area contributed by atoms with Crippen LogP contribution in [0.25, 0.3) is 33.1 Å². The summed E-state index contributed by atoms with van der Waals surface area (Å²) in [6.07, 6.45) is 6.66. The highest BCUT2D eigenvalue weighted by Crippen LogP contribution is 2.71. The summed E-state index contributed by atoms with van der Waals surface area (Å²) in [6, 6.07) is 53.5. The first-order valence-electron chi connectivity index (χ1n) is 30.2. The van der Waals surface area contributed by atoms with Gasteiger partial charge in [-0.1, -0.05) is 181 Å². The summed E-state index contributed by atoms with van der Waals surface area (Å²) in [7, 11) is -3.30. The summed E-state index contributed by atoms with van der Waals surface area (Å²) >= 11 is 0. The van der Waals surface area contributed by atoms with E-state index in [1.165, 1.54) is 115 Å².